The van der Waals surface area contributed by atoms with Gasteiger partial charge >= 0.3 is 0 Å². The summed E-state index contributed by atoms with van der Waals surface area (Å²) in [6.45, 7) is 3.01. The molecule has 0 N–H and O–H groups in total. The van der Waals surface area contributed by atoms with Crippen molar-refractivity contribution < 1.29 is 14.3 Å². The Morgan fingerprint density at radius 2 is 2.04 bits per heavy atom. The Balaban J connectivity index is 1.66. The highest BCUT2D eigenvalue weighted by molar-refractivity contribution is 8.14. The van der Waals surface area contributed by atoms with Crippen LogP contribution in [0.1, 0.15) is 17.3 Å². The Hall–Kier alpha value is -2.47. The summed E-state index contributed by atoms with van der Waals surface area (Å²) < 4.78 is 12.6. The first-order valence-corrected chi connectivity index (χ1v) is 8.15. The van der Waals surface area contributed by atoms with Crippen molar-refractivity contribution in [1.82, 2.24) is 9.55 Å². The van der Waals surface area contributed by atoms with Crippen LogP contribution in [0.15, 0.2) is 47.6 Å². The predicted octanol–water partition coefficient (Wildman–Crippen LogP) is 3.72. The van der Waals surface area contributed by atoms with Gasteiger partial charge < -0.3 is 14.0 Å². The third kappa shape index (κ3) is 2.45. The van der Waals surface area contributed by atoms with E-state index in [1.54, 1.807) is 18.2 Å². The zero-order valence-electron chi connectivity index (χ0n) is 12.5. The van der Waals surface area contributed by atoms with Gasteiger partial charge in [-0.3, -0.25) is 4.79 Å². The van der Waals surface area contributed by atoms with E-state index in [2.05, 4.69) is 4.98 Å². The second kappa shape index (κ2) is 5.62. The lowest BCUT2D eigenvalue weighted by atomic mass is 10.2. The van der Waals surface area contributed by atoms with E-state index >= 15 is 0 Å². The molecule has 0 saturated heterocycles. The zero-order chi connectivity index (χ0) is 15.8. The van der Waals surface area contributed by atoms with E-state index in [0.717, 1.165) is 29.3 Å². The molecule has 0 unspecified atom stereocenters. The third-order valence-corrected chi connectivity index (χ3v) is 4.64. The minimum Gasteiger partial charge on any atom is -0.454 e. The Morgan fingerprint density at radius 3 is 2.91 bits per heavy atom. The highest BCUT2D eigenvalue weighted by Gasteiger charge is 2.19. The number of carbonyl (C=O) groups is 1. The standard InChI is InChI=1S/C17H14N2O3S/c1-2-19-13-6-4-3-5-12(13)18-17(19)23-16(20)11-7-8-14-15(9-11)22-10-21-14/h3-9H,2,10H2,1H3. The number of imidazole rings is 1. The quantitative estimate of drug-likeness (QED) is 0.687. The number of carbonyl (C=O) groups excluding carboxylic acids is 1. The molecule has 2 heterocycles. The monoisotopic (exact) mass is 326 g/mol. The molecular formula is C17H14N2O3S. The lowest BCUT2D eigenvalue weighted by molar-refractivity contribution is 0.108. The molecule has 1 aliphatic rings. The van der Waals surface area contributed by atoms with Gasteiger partial charge in [0.2, 0.25) is 11.9 Å². The highest BCUT2D eigenvalue weighted by atomic mass is 32.2. The number of hydrogen-bond acceptors (Lipinski definition) is 5. The lowest BCUT2D eigenvalue weighted by Crippen LogP contribution is -2.00. The summed E-state index contributed by atoms with van der Waals surface area (Å²) in [4.78, 5) is 17.1. The van der Waals surface area contributed by atoms with Gasteiger partial charge in [-0.05, 0) is 49.0 Å². The Labute approximate surface area is 137 Å². The molecule has 0 saturated carbocycles. The molecule has 1 aliphatic heterocycles. The van der Waals surface area contributed by atoms with Gasteiger partial charge in [0.05, 0.1) is 11.0 Å². The molecule has 1 aromatic heterocycles. The average molecular weight is 326 g/mol. The largest absolute Gasteiger partial charge is 0.454 e. The van der Waals surface area contributed by atoms with Crippen LogP contribution in [0.4, 0.5) is 0 Å². The summed E-state index contributed by atoms with van der Waals surface area (Å²) >= 11 is 1.14. The molecule has 4 rings (SSSR count). The summed E-state index contributed by atoms with van der Waals surface area (Å²) in [6, 6.07) is 13.1. The minimum atomic E-state index is -0.0618. The summed E-state index contributed by atoms with van der Waals surface area (Å²) in [5.74, 6) is 1.28. The summed E-state index contributed by atoms with van der Waals surface area (Å²) in [5.41, 5.74) is 2.51. The molecular weight excluding hydrogens is 312 g/mol. The number of aryl methyl sites for hydroxylation is 1. The Kier molecular flexibility index (Phi) is 3.46. The van der Waals surface area contributed by atoms with Gasteiger partial charge in [0.25, 0.3) is 0 Å². The molecule has 3 aromatic rings. The number of rotatable bonds is 3. The fourth-order valence-corrected chi connectivity index (χ4v) is 3.49. The Bertz CT molecular complexity index is 904. The van der Waals surface area contributed by atoms with Gasteiger partial charge in [-0.2, -0.15) is 0 Å². The molecule has 23 heavy (non-hydrogen) atoms. The molecule has 0 aliphatic carbocycles. The van der Waals surface area contributed by atoms with Crippen molar-refractivity contribution in [1.29, 1.82) is 0 Å². The van der Waals surface area contributed by atoms with Crippen molar-refractivity contribution in [3.8, 4) is 11.5 Å². The predicted molar refractivity (Wildman–Crippen MR) is 88.2 cm³/mol. The van der Waals surface area contributed by atoms with Crippen LogP contribution in [0, 0.1) is 0 Å². The second-order valence-electron chi connectivity index (χ2n) is 5.08. The number of thioether (sulfide) groups is 1. The maximum absolute atomic E-state index is 12.6. The van der Waals surface area contributed by atoms with E-state index in [1.807, 2.05) is 35.8 Å². The van der Waals surface area contributed by atoms with Crippen LogP contribution in [-0.4, -0.2) is 21.5 Å². The molecule has 116 valence electrons. The lowest BCUT2D eigenvalue weighted by Gasteiger charge is -2.05. The maximum Gasteiger partial charge on any atom is 0.231 e. The van der Waals surface area contributed by atoms with Crippen LogP contribution in [0.5, 0.6) is 11.5 Å². The molecule has 0 atom stereocenters. The molecule has 2 aromatic carbocycles. The topological polar surface area (TPSA) is 53.4 Å². The van der Waals surface area contributed by atoms with Crippen molar-refractivity contribution in [3.05, 3.63) is 48.0 Å². The van der Waals surface area contributed by atoms with Gasteiger partial charge in [0, 0.05) is 12.1 Å². The van der Waals surface area contributed by atoms with Crippen LogP contribution in [-0.2, 0) is 6.54 Å². The van der Waals surface area contributed by atoms with Gasteiger partial charge in [0.1, 0.15) is 0 Å². The molecule has 5 nitrogen and oxygen atoms in total. The molecule has 0 radical (unpaired) electrons. The number of hydrogen-bond donors (Lipinski definition) is 0. The van der Waals surface area contributed by atoms with Crippen LogP contribution in [0.2, 0.25) is 0 Å². The van der Waals surface area contributed by atoms with E-state index in [0.29, 0.717) is 22.2 Å². The van der Waals surface area contributed by atoms with Crippen LogP contribution < -0.4 is 9.47 Å². The number of aromatic nitrogens is 2. The van der Waals surface area contributed by atoms with Crippen molar-refractivity contribution >= 4 is 27.9 Å². The first-order chi connectivity index (χ1) is 11.3. The van der Waals surface area contributed by atoms with E-state index < -0.39 is 0 Å². The van der Waals surface area contributed by atoms with Gasteiger partial charge in [-0.15, -0.1) is 0 Å². The average Bonchev–Trinajstić information content (AvgIpc) is 3.17. The van der Waals surface area contributed by atoms with E-state index in [1.165, 1.54) is 0 Å². The maximum atomic E-state index is 12.6. The van der Waals surface area contributed by atoms with E-state index in [9.17, 15) is 4.79 Å². The molecule has 0 fully saturated rings. The number of para-hydroxylation sites is 2. The van der Waals surface area contributed by atoms with Crippen molar-refractivity contribution in [2.75, 3.05) is 6.79 Å². The van der Waals surface area contributed by atoms with Crippen molar-refractivity contribution in [2.24, 2.45) is 0 Å². The number of ether oxygens (including phenoxy) is 2. The van der Waals surface area contributed by atoms with Crippen LogP contribution in [0.3, 0.4) is 0 Å². The fraction of sp³-hybridized carbons (Fsp3) is 0.176. The van der Waals surface area contributed by atoms with Gasteiger partial charge in [-0.1, -0.05) is 12.1 Å². The number of fused-ring (bicyclic) bond motifs is 2. The fourth-order valence-electron chi connectivity index (χ4n) is 2.60. The summed E-state index contributed by atoms with van der Waals surface area (Å²) in [6.07, 6.45) is 0. The van der Waals surface area contributed by atoms with Gasteiger partial charge in [-0.25, -0.2) is 4.98 Å². The molecule has 0 bridgehead atoms. The van der Waals surface area contributed by atoms with Crippen molar-refractivity contribution in [2.45, 2.75) is 18.6 Å². The van der Waals surface area contributed by atoms with E-state index in [-0.39, 0.29) is 11.9 Å². The number of benzene rings is 2. The zero-order valence-corrected chi connectivity index (χ0v) is 13.3. The minimum absolute atomic E-state index is 0.0618. The first-order valence-electron chi connectivity index (χ1n) is 7.33. The molecule has 6 heteroatoms. The third-order valence-electron chi connectivity index (χ3n) is 3.73. The van der Waals surface area contributed by atoms with Gasteiger partial charge in [0.15, 0.2) is 16.7 Å². The van der Waals surface area contributed by atoms with Crippen LogP contribution in [0.25, 0.3) is 11.0 Å². The first kappa shape index (κ1) is 14.1. The van der Waals surface area contributed by atoms with Crippen molar-refractivity contribution in [3.63, 3.8) is 0 Å². The second-order valence-corrected chi connectivity index (χ2v) is 6.02. The molecule has 0 amide bonds. The highest BCUT2D eigenvalue weighted by Crippen LogP contribution is 2.34. The SMILES string of the molecule is CCn1c(SC(=O)c2ccc3c(c2)OCO3)nc2ccccc21. The van der Waals surface area contributed by atoms with E-state index in [4.69, 9.17) is 9.47 Å². The summed E-state index contributed by atoms with van der Waals surface area (Å²) in [5, 5.41) is 0.643. The van der Waals surface area contributed by atoms with Crippen LogP contribution >= 0.6 is 11.8 Å². The number of nitrogens with zero attached hydrogens (tertiary/aromatic N) is 2. The normalized spacial score (nSPS) is 12.7. The summed E-state index contributed by atoms with van der Waals surface area (Å²) in [7, 11) is 0. The smallest absolute Gasteiger partial charge is 0.231 e. The Morgan fingerprint density at radius 1 is 1.22 bits per heavy atom. The molecule has 0 spiro atoms.